The van der Waals surface area contributed by atoms with Crippen LogP contribution < -0.4 is 0 Å². The minimum atomic E-state index is -0.154. The maximum absolute atomic E-state index is 2.52. The minimum absolute atomic E-state index is 0.154. The van der Waals surface area contributed by atoms with Gasteiger partial charge in [-0.3, -0.25) is 0 Å². The Kier molecular flexibility index (Phi) is 4.49. The van der Waals surface area contributed by atoms with Crippen molar-refractivity contribution in [3.63, 3.8) is 0 Å². The molecule has 0 N–H and O–H groups in total. The van der Waals surface area contributed by atoms with Crippen molar-refractivity contribution in [3.05, 3.63) is 166 Å². The molecule has 4 unspecified atom stereocenters. The van der Waals surface area contributed by atoms with E-state index in [0.29, 0.717) is 0 Å². The Balaban J connectivity index is 1.47. The van der Waals surface area contributed by atoms with E-state index in [4.69, 9.17) is 0 Å². The summed E-state index contributed by atoms with van der Waals surface area (Å²) in [5.74, 6) is 1.08. The van der Waals surface area contributed by atoms with E-state index in [1.54, 1.807) is 0 Å². The highest BCUT2D eigenvalue weighted by molar-refractivity contribution is 5.73. The third-order valence-electron chi connectivity index (χ3n) is 9.35. The molecular formula is C37H28. The molecule has 0 amide bonds. The van der Waals surface area contributed by atoms with Crippen molar-refractivity contribution in [2.45, 2.75) is 23.7 Å². The quantitative estimate of drug-likeness (QED) is 0.278. The highest BCUT2D eigenvalue weighted by Gasteiger charge is 2.58. The average molecular weight is 473 g/mol. The van der Waals surface area contributed by atoms with Crippen LogP contribution in [0.4, 0.5) is 0 Å². The fourth-order valence-electron chi connectivity index (χ4n) is 7.90. The van der Waals surface area contributed by atoms with Crippen LogP contribution >= 0.6 is 0 Å². The Morgan fingerprint density at radius 3 is 0.838 bits per heavy atom. The molecule has 4 aliphatic rings. The van der Waals surface area contributed by atoms with Crippen molar-refractivity contribution >= 4 is 24.3 Å². The molecule has 0 nitrogen and oxygen atoms in total. The normalized spacial score (nSPS) is 25.1. The monoisotopic (exact) mass is 472 g/mol. The van der Waals surface area contributed by atoms with E-state index in [-0.39, 0.29) is 29.1 Å². The molecule has 0 heteroatoms. The van der Waals surface area contributed by atoms with Crippen LogP contribution in [0.5, 0.6) is 0 Å². The summed E-state index contributed by atoms with van der Waals surface area (Å²) in [6.07, 6.45) is 19.5. The van der Waals surface area contributed by atoms with Gasteiger partial charge in [0.15, 0.2) is 0 Å². The van der Waals surface area contributed by atoms with Gasteiger partial charge in [-0.2, -0.15) is 0 Å². The Bertz CT molecular complexity index is 1410. The summed E-state index contributed by atoms with van der Waals surface area (Å²) in [4.78, 5) is 0. The van der Waals surface area contributed by atoms with E-state index in [1.807, 2.05) is 0 Å². The maximum atomic E-state index is 2.52. The van der Waals surface area contributed by atoms with Gasteiger partial charge in [-0.15, -0.1) is 0 Å². The Labute approximate surface area is 219 Å². The van der Waals surface area contributed by atoms with E-state index in [2.05, 4.69) is 146 Å². The van der Waals surface area contributed by atoms with Gasteiger partial charge in [-0.25, -0.2) is 0 Å². The van der Waals surface area contributed by atoms with Crippen molar-refractivity contribution in [2.24, 2.45) is 5.41 Å². The summed E-state index contributed by atoms with van der Waals surface area (Å²) in [5.41, 5.74) is 11.1. The van der Waals surface area contributed by atoms with E-state index >= 15 is 0 Å². The minimum Gasteiger partial charge on any atom is -0.0757 e. The number of fused-ring (bicyclic) bond motifs is 4. The van der Waals surface area contributed by atoms with Gasteiger partial charge in [0, 0.05) is 29.1 Å². The number of hydrogen-bond donors (Lipinski definition) is 0. The molecule has 0 aromatic heterocycles. The smallest absolute Gasteiger partial charge is 0.0117 e. The van der Waals surface area contributed by atoms with Crippen LogP contribution in [0, 0.1) is 5.41 Å². The van der Waals surface area contributed by atoms with E-state index in [1.165, 1.54) is 44.5 Å². The van der Waals surface area contributed by atoms with Crippen LogP contribution in [0.3, 0.4) is 0 Å². The summed E-state index contributed by atoms with van der Waals surface area (Å²) in [5, 5.41) is 0. The number of allylic oxidation sites excluding steroid dienone is 4. The lowest BCUT2D eigenvalue weighted by atomic mass is 9.50. The molecule has 0 radical (unpaired) electrons. The first-order valence-electron chi connectivity index (χ1n) is 13.4. The van der Waals surface area contributed by atoms with Gasteiger partial charge < -0.3 is 0 Å². The molecule has 4 aromatic carbocycles. The van der Waals surface area contributed by atoms with Gasteiger partial charge >= 0.3 is 0 Å². The fraction of sp³-hybridized carbons (Fsp3) is 0.135. The topological polar surface area (TPSA) is 0 Å². The van der Waals surface area contributed by atoms with E-state index in [9.17, 15) is 0 Å². The second kappa shape index (κ2) is 7.92. The first kappa shape index (κ1) is 21.0. The highest BCUT2D eigenvalue weighted by atomic mass is 14.6. The van der Waals surface area contributed by atoms with E-state index < -0.39 is 0 Å². The molecule has 0 aliphatic heterocycles. The molecule has 37 heavy (non-hydrogen) atoms. The zero-order valence-corrected chi connectivity index (χ0v) is 20.7. The van der Waals surface area contributed by atoms with Crippen molar-refractivity contribution in [2.75, 3.05) is 0 Å². The second-order valence-corrected chi connectivity index (χ2v) is 10.9. The molecule has 4 aliphatic carbocycles. The zero-order valence-electron chi connectivity index (χ0n) is 20.7. The second-order valence-electron chi connectivity index (χ2n) is 10.9. The van der Waals surface area contributed by atoms with Gasteiger partial charge in [-0.1, -0.05) is 146 Å². The molecular weight excluding hydrogens is 444 g/mol. The van der Waals surface area contributed by atoms with Crippen LogP contribution in [0.1, 0.15) is 68.2 Å². The number of benzene rings is 4. The van der Waals surface area contributed by atoms with Crippen LogP contribution in [0.25, 0.3) is 24.3 Å². The molecule has 176 valence electrons. The van der Waals surface area contributed by atoms with Gasteiger partial charge in [0.25, 0.3) is 0 Å². The molecule has 0 spiro atoms. The Hall–Kier alpha value is -4.16. The molecule has 0 saturated heterocycles. The van der Waals surface area contributed by atoms with Crippen molar-refractivity contribution in [1.82, 2.24) is 0 Å². The Morgan fingerprint density at radius 2 is 0.568 bits per heavy atom. The Morgan fingerprint density at radius 1 is 0.324 bits per heavy atom. The van der Waals surface area contributed by atoms with Gasteiger partial charge in [0.1, 0.15) is 0 Å². The first-order chi connectivity index (χ1) is 18.4. The summed E-state index contributed by atoms with van der Waals surface area (Å²) in [7, 11) is 0. The molecule has 8 rings (SSSR count). The molecule has 4 aromatic rings. The van der Waals surface area contributed by atoms with Crippen molar-refractivity contribution in [1.29, 1.82) is 0 Å². The van der Waals surface area contributed by atoms with Crippen molar-refractivity contribution in [3.8, 4) is 0 Å². The molecule has 0 fully saturated rings. The summed E-state index contributed by atoms with van der Waals surface area (Å²) < 4.78 is 0. The SMILES string of the molecule is C1=CC(C(C2C=Cc3ccccc32)(C2C=Cc3ccccc32)C2C=Cc3ccccc32)c2ccccc21. The zero-order chi connectivity index (χ0) is 24.4. The molecule has 0 saturated carbocycles. The lowest BCUT2D eigenvalue weighted by Gasteiger charge is -2.52. The van der Waals surface area contributed by atoms with Crippen LogP contribution in [-0.4, -0.2) is 0 Å². The van der Waals surface area contributed by atoms with Crippen LogP contribution in [-0.2, 0) is 0 Å². The predicted octanol–water partition coefficient (Wildman–Crippen LogP) is 9.22. The van der Waals surface area contributed by atoms with Crippen molar-refractivity contribution < 1.29 is 0 Å². The third kappa shape index (κ3) is 2.84. The average Bonchev–Trinajstić information content (AvgIpc) is 3.75. The maximum Gasteiger partial charge on any atom is 0.0117 e. The van der Waals surface area contributed by atoms with Gasteiger partial charge in [0.2, 0.25) is 0 Å². The molecule has 0 bridgehead atoms. The predicted molar refractivity (Wildman–Crippen MR) is 155 cm³/mol. The third-order valence-corrected chi connectivity index (χ3v) is 9.35. The number of rotatable bonds is 4. The van der Waals surface area contributed by atoms with Crippen LogP contribution in [0.15, 0.2) is 121 Å². The highest BCUT2D eigenvalue weighted by Crippen LogP contribution is 2.69. The van der Waals surface area contributed by atoms with Gasteiger partial charge in [0.05, 0.1) is 0 Å². The lowest BCUT2D eigenvalue weighted by molar-refractivity contribution is 0.170. The molecule has 0 heterocycles. The van der Waals surface area contributed by atoms with Crippen LogP contribution in [0.2, 0.25) is 0 Å². The standard InChI is InChI=1S/C37H28/c1-5-13-29-25(9-1)17-21-33(29)37(34-22-18-26-10-2-6-14-30(26)34,35-23-19-27-11-3-7-15-31(27)35)36-24-20-28-12-4-8-16-32(28)36/h1-24,33-36H. The first-order valence-corrected chi connectivity index (χ1v) is 13.4. The summed E-state index contributed by atoms with van der Waals surface area (Å²) in [6, 6.07) is 36.2. The summed E-state index contributed by atoms with van der Waals surface area (Å²) in [6.45, 7) is 0. The summed E-state index contributed by atoms with van der Waals surface area (Å²) >= 11 is 0. The lowest BCUT2D eigenvalue weighted by Crippen LogP contribution is -2.43. The number of hydrogen-bond acceptors (Lipinski definition) is 0. The molecule has 4 atom stereocenters. The van der Waals surface area contributed by atoms with E-state index in [0.717, 1.165) is 0 Å². The van der Waals surface area contributed by atoms with Gasteiger partial charge in [-0.05, 0) is 44.5 Å². The largest absolute Gasteiger partial charge is 0.0757 e. The fourth-order valence-corrected chi connectivity index (χ4v) is 7.90.